The van der Waals surface area contributed by atoms with E-state index in [9.17, 15) is 5.11 Å². The number of aliphatic hydroxyl groups excluding tert-OH is 1. The molecule has 108 valence electrons. The van der Waals surface area contributed by atoms with E-state index in [-0.39, 0.29) is 6.61 Å². The Balaban J connectivity index is 2.31. The van der Waals surface area contributed by atoms with Crippen LogP contribution in [0.3, 0.4) is 0 Å². The largest absolute Gasteiger partial charge is 0.395 e. The minimum Gasteiger partial charge on any atom is -0.395 e. The van der Waals surface area contributed by atoms with Crippen LogP contribution in [0, 0.1) is 0 Å². The summed E-state index contributed by atoms with van der Waals surface area (Å²) in [5.74, 6) is 0. The summed E-state index contributed by atoms with van der Waals surface area (Å²) < 4.78 is 0. The van der Waals surface area contributed by atoms with Gasteiger partial charge in [0, 0.05) is 12.1 Å². The second-order valence-corrected chi connectivity index (χ2v) is 5.91. The maximum atomic E-state index is 9.30. The van der Waals surface area contributed by atoms with Crippen LogP contribution in [-0.4, -0.2) is 23.8 Å². The minimum atomic E-state index is 0.285. The van der Waals surface area contributed by atoms with Crippen LogP contribution >= 0.6 is 0 Å². The molecule has 0 amide bonds. The van der Waals surface area contributed by atoms with E-state index in [1.807, 2.05) is 0 Å². The molecule has 0 aromatic rings. The fraction of sp³-hybridized carbons (Fsp3) is 1.00. The van der Waals surface area contributed by atoms with Crippen molar-refractivity contribution in [1.82, 2.24) is 5.32 Å². The Kier molecular flexibility index (Phi) is 9.59. The summed E-state index contributed by atoms with van der Waals surface area (Å²) >= 11 is 0. The predicted octanol–water partition coefficient (Wildman–Crippen LogP) is 4.02. The van der Waals surface area contributed by atoms with Crippen molar-refractivity contribution < 1.29 is 5.11 Å². The van der Waals surface area contributed by atoms with Gasteiger partial charge in [-0.15, -0.1) is 0 Å². The summed E-state index contributed by atoms with van der Waals surface area (Å²) in [5.41, 5.74) is 0. The predicted molar refractivity (Wildman–Crippen MR) is 78.9 cm³/mol. The van der Waals surface area contributed by atoms with Crippen LogP contribution in [0.15, 0.2) is 0 Å². The van der Waals surface area contributed by atoms with Gasteiger partial charge in [-0.25, -0.2) is 0 Å². The fourth-order valence-electron chi connectivity index (χ4n) is 2.96. The Labute approximate surface area is 114 Å². The van der Waals surface area contributed by atoms with Crippen molar-refractivity contribution >= 4 is 0 Å². The minimum absolute atomic E-state index is 0.285. The van der Waals surface area contributed by atoms with E-state index in [2.05, 4.69) is 12.2 Å². The molecule has 18 heavy (non-hydrogen) atoms. The van der Waals surface area contributed by atoms with Gasteiger partial charge < -0.3 is 10.4 Å². The van der Waals surface area contributed by atoms with Gasteiger partial charge in [-0.3, -0.25) is 0 Å². The van der Waals surface area contributed by atoms with Crippen LogP contribution in [0.1, 0.15) is 84.0 Å². The first-order valence-electron chi connectivity index (χ1n) is 8.23. The summed E-state index contributed by atoms with van der Waals surface area (Å²) in [6.07, 6.45) is 16.3. The van der Waals surface area contributed by atoms with E-state index in [0.717, 1.165) is 6.42 Å². The number of aliphatic hydroxyl groups is 1. The lowest BCUT2D eigenvalue weighted by atomic mass is 9.97. The third kappa shape index (κ3) is 7.38. The molecule has 0 bridgehead atoms. The van der Waals surface area contributed by atoms with E-state index in [4.69, 9.17) is 0 Å². The maximum Gasteiger partial charge on any atom is 0.0584 e. The molecule has 0 aromatic carbocycles. The van der Waals surface area contributed by atoms with Crippen LogP contribution in [0.25, 0.3) is 0 Å². The monoisotopic (exact) mass is 255 g/mol. The molecule has 2 N–H and O–H groups in total. The Hall–Kier alpha value is -0.0800. The van der Waals surface area contributed by atoms with E-state index in [1.54, 1.807) is 0 Å². The van der Waals surface area contributed by atoms with Crippen LogP contribution in [0.2, 0.25) is 0 Å². The molecule has 0 spiro atoms. The lowest BCUT2D eigenvalue weighted by Gasteiger charge is -2.24. The first-order chi connectivity index (χ1) is 8.86. The summed E-state index contributed by atoms with van der Waals surface area (Å²) in [6, 6.07) is 0.949. The number of hydrogen-bond donors (Lipinski definition) is 2. The zero-order chi connectivity index (χ0) is 13.1. The first kappa shape index (κ1) is 16.0. The summed E-state index contributed by atoms with van der Waals surface area (Å²) in [7, 11) is 0. The topological polar surface area (TPSA) is 32.3 Å². The highest BCUT2D eigenvalue weighted by Crippen LogP contribution is 2.17. The van der Waals surface area contributed by atoms with E-state index >= 15 is 0 Å². The zero-order valence-electron chi connectivity index (χ0n) is 12.3. The van der Waals surface area contributed by atoms with Crippen LogP contribution in [-0.2, 0) is 0 Å². The Morgan fingerprint density at radius 2 is 1.33 bits per heavy atom. The summed E-state index contributed by atoms with van der Waals surface area (Å²) in [5, 5.41) is 13.0. The van der Waals surface area contributed by atoms with Gasteiger partial charge in [0.25, 0.3) is 0 Å². The normalized spacial score (nSPS) is 23.0. The number of hydrogen-bond acceptors (Lipinski definition) is 2. The molecule has 1 aliphatic rings. The third-order valence-electron chi connectivity index (χ3n) is 4.29. The molecule has 2 nitrogen and oxygen atoms in total. The van der Waals surface area contributed by atoms with Gasteiger partial charge >= 0.3 is 0 Å². The molecular weight excluding hydrogens is 222 g/mol. The van der Waals surface area contributed by atoms with Gasteiger partial charge in [-0.05, 0) is 19.3 Å². The fourth-order valence-corrected chi connectivity index (χ4v) is 2.96. The average Bonchev–Trinajstić information content (AvgIpc) is 2.38. The standard InChI is InChI=1S/C16H33NO/c1-2-15(14-18)17-16-12-10-8-6-4-3-5-7-9-11-13-16/h15-18H,2-14H2,1H3/t15-/m1/s1. The molecule has 1 saturated carbocycles. The SMILES string of the molecule is CC[C@H](CO)NC1CCCCCCCCCCC1. The van der Waals surface area contributed by atoms with E-state index in [1.165, 1.54) is 70.6 Å². The van der Waals surface area contributed by atoms with Crippen LogP contribution < -0.4 is 5.32 Å². The zero-order valence-corrected chi connectivity index (χ0v) is 12.3. The molecule has 1 fully saturated rings. The lowest BCUT2D eigenvalue weighted by molar-refractivity contribution is 0.220. The molecular formula is C16H33NO. The molecule has 1 atom stereocenters. The molecule has 0 saturated heterocycles. The van der Waals surface area contributed by atoms with Crippen molar-refractivity contribution in [2.24, 2.45) is 0 Å². The Morgan fingerprint density at radius 1 is 0.889 bits per heavy atom. The molecule has 0 unspecified atom stereocenters. The third-order valence-corrected chi connectivity index (χ3v) is 4.29. The average molecular weight is 255 g/mol. The van der Waals surface area contributed by atoms with E-state index in [0.29, 0.717) is 12.1 Å². The highest BCUT2D eigenvalue weighted by atomic mass is 16.3. The second-order valence-electron chi connectivity index (χ2n) is 5.91. The van der Waals surface area contributed by atoms with Crippen molar-refractivity contribution in [2.45, 2.75) is 96.1 Å². The Morgan fingerprint density at radius 3 is 1.72 bits per heavy atom. The quantitative estimate of drug-likeness (QED) is 0.795. The van der Waals surface area contributed by atoms with Crippen LogP contribution in [0.5, 0.6) is 0 Å². The second kappa shape index (κ2) is 10.8. The van der Waals surface area contributed by atoms with Gasteiger partial charge in [0.1, 0.15) is 0 Å². The van der Waals surface area contributed by atoms with Gasteiger partial charge in [-0.2, -0.15) is 0 Å². The van der Waals surface area contributed by atoms with Crippen molar-refractivity contribution in [3.8, 4) is 0 Å². The van der Waals surface area contributed by atoms with Crippen LogP contribution in [0.4, 0.5) is 0 Å². The van der Waals surface area contributed by atoms with E-state index < -0.39 is 0 Å². The highest BCUT2D eigenvalue weighted by Gasteiger charge is 2.13. The molecule has 0 radical (unpaired) electrons. The van der Waals surface area contributed by atoms with Crippen molar-refractivity contribution in [3.05, 3.63) is 0 Å². The molecule has 2 heteroatoms. The van der Waals surface area contributed by atoms with Crippen molar-refractivity contribution in [2.75, 3.05) is 6.61 Å². The smallest absolute Gasteiger partial charge is 0.0584 e. The Bertz CT molecular complexity index is 168. The van der Waals surface area contributed by atoms with Crippen molar-refractivity contribution in [3.63, 3.8) is 0 Å². The van der Waals surface area contributed by atoms with Gasteiger partial charge in [0.15, 0.2) is 0 Å². The number of nitrogens with one attached hydrogen (secondary N) is 1. The first-order valence-corrected chi connectivity index (χ1v) is 8.23. The van der Waals surface area contributed by atoms with Gasteiger partial charge in [0.2, 0.25) is 0 Å². The molecule has 1 aliphatic carbocycles. The molecule has 0 aromatic heterocycles. The maximum absolute atomic E-state index is 9.30. The molecule has 0 heterocycles. The molecule has 1 rings (SSSR count). The highest BCUT2D eigenvalue weighted by molar-refractivity contribution is 4.73. The summed E-state index contributed by atoms with van der Waals surface area (Å²) in [4.78, 5) is 0. The molecule has 0 aliphatic heterocycles. The van der Waals surface area contributed by atoms with Gasteiger partial charge in [0.05, 0.1) is 6.61 Å². The number of rotatable bonds is 4. The van der Waals surface area contributed by atoms with Crippen molar-refractivity contribution in [1.29, 1.82) is 0 Å². The van der Waals surface area contributed by atoms with Gasteiger partial charge in [-0.1, -0.05) is 64.7 Å². The summed E-state index contributed by atoms with van der Waals surface area (Å²) in [6.45, 7) is 2.44. The lowest BCUT2D eigenvalue weighted by Crippen LogP contribution is -2.40.